The van der Waals surface area contributed by atoms with Crippen LogP contribution in [-0.4, -0.2) is 34.6 Å². The summed E-state index contributed by atoms with van der Waals surface area (Å²) in [5.41, 5.74) is -0.841. The van der Waals surface area contributed by atoms with Crippen molar-refractivity contribution in [1.29, 1.82) is 0 Å². The molecule has 128 valence electrons. The summed E-state index contributed by atoms with van der Waals surface area (Å²) in [6.07, 6.45) is 3.57. The number of hydrogen-bond donors (Lipinski definition) is 0. The first-order valence-corrected chi connectivity index (χ1v) is 7.70. The number of hydrogen-bond acceptors (Lipinski definition) is 5. The molecule has 1 aliphatic rings. The molecule has 0 aliphatic carbocycles. The van der Waals surface area contributed by atoms with Gasteiger partial charge in [0, 0.05) is 37.6 Å². The third-order valence-electron chi connectivity index (χ3n) is 3.92. The SMILES string of the molecule is FC(F)(F)c1cccnc1OCC1CCCN(c2cnccn2)C1. The maximum absolute atomic E-state index is 13.0. The summed E-state index contributed by atoms with van der Waals surface area (Å²) in [6.45, 7) is 1.72. The number of piperidine rings is 1. The van der Waals surface area contributed by atoms with Crippen LogP contribution < -0.4 is 9.64 Å². The molecule has 24 heavy (non-hydrogen) atoms. The van der Waals surface area contributed by atoms with Crippen LogP contribution in [0.25, 0.3) is 0 Å². The lowest BCUT2D eigenvalue weighted by Crippen LogP contribution is -2.38. The van der Waals surface area contributed by atoms with Crippen LogP contribution in [0.1, 0.15) is 18.4 Å². The van der Waals surface area contributed by atoms with Crippen LogP contribution in [0.15, 0.2) is 36.9 Å². The highest BCUT2D eigenvalue weighted by atomic mass is 19.4. The fourth-order valence-electron chi connectivity index (χ4n) is 2.78. The predicted octanol–water partition coefficient (Wildman–Crippen LogP) is 3.19. The van der Waals surface area contributed by atoms with Crippen LogP contribution in [0.5, 0.6) is 5.88 Å². The number of anilines is 1. The van der Waals surface area contributed by atoms with Crippen molar-refractivity contribution in [2.75, 3.05) is 24.6 Å². The van der Waals surface area contributed by atoms with E-state index >= 15 is 0 Å². The number of nitrogens with zero attached hydrogens (tertiary/aromatic N) is 4. The zero-order valence-corrected chi connectivity index (χ0v) is 12.9. The minimum absolute atomic E-state index is 0.115. The summed E-state index contributed by atoms with van der Waals surface area (Å²) in [4.78, 5) is 14.1. The largest absolute Gasteiger partial charge is 0.477 e. The minimum atomic E-state index is -4.47. The molecular formula is C16H17F3N4O. The molecule has 3 rings (SSSR count). The van der Waals surface area contributed by atoms with Crippen LogP contribution in [0.2, 0.25) is 0 Å². The summed E-state index contributed by atoms with van der Waals surface area (Å²) in [5.74, 6) is 0.529. The molecule has 2 aromatic rings. The summed E-state index contributed by atoms with van der Waals surface area (Å²) in [5, 5.41) is 0. The van der Waals surface area contributed by atoms with E-state index in [1.54, 1.807) is 18.6 Å². The molecule has 8 heteroatoms. The van der Waals surface area contributed by atoms with Gasteiger partial charge in [0.1, 0.15) is 11.4 Å². The first-order valence-electron chi connectivity index (χ1n) is 7.70. The maximum Gasteiger partial charge on any atom is 0.421 e. The highest BCUT2D eigenvalue weighted by molar-refractivity contribution is 5.35. The second-order valence-corrected chi connectivity index (χ2v) is 5.68. The van der Waals surface area contributed by atoms with Crippen LogP contribution in [-0.2, 0) is 6.18 Å². The zero-order valence-electron chi connectivity index (χ0n) is 12.9. The highest BCUT2D eigenvalue weighted by Crippen LogP contribution is 2.35. The van der Waals surface area contributed by atoms with Crippen molar-refractivity contribution in [3.63, 3.8) is 0 Å². The fourth-order valence-corrected chi connectivity index (χ4v) is 2.78. The van der Waals surface area contributed by atoms with Gasteiger partial charge in [-0.2, -0.15) is 13.2 Å². The number of pyridine rings is 1. The van der Waals surface area contributed by atoms with Crippen LogP contribution >= 0.6 is 0 Å². The Morgan fingerprint density at radius 1 is 1.21 bits per heavy atom. The molecule has 0 amide bonds. The third kappa shape index (κ3) is 3.93. The topological polar surface area (TPSA) is 51.1 Å². The van der Waals surface area contributed by atoms with Crippen LogP contribution in [0.3, 0.4) is 0 Å². The maximum atomic E-state index is 13.0. The molecular weight excluding hydrogens is 321 g/mol. The van der Waals surface area contributed by atoms with Crippen molar-refractivity contribution in [3.05, 3.63) is 42.5 Å². The Bertz CT molecular complexity index is 666. The molecule has 0 spiro atoms. The van der Waals surface area contributed by atoms with Gasteiger partial charge < -0.3 is 9.64 Å². The Morgan fingerprint density at radius 2 is 2.08 bits per heavy atom. The van der Waals surface area contributed by atoms with Crippen molar-refractivity contribution >= 4 is 5.82 Å². The molecule has 1 unspecified atom stereocenters. The Balaban J connectivity index is 1.63. The first-order chi connectivity index (χ1) is 11.5. The van der Waals surface area contributed by atoms with Gasteiger partial charge in [0.2, 0.25) is 5.88 Å². The molecule has 0 N–H and O–H groups in total. The summed E-state index contributed by atoms with van der Waals surface area (Å²) >= 11 is 0. The van der Waals surface area contributed by atoms with Crippen molar-refractivity contribution in [2.45, 2.75) is 19.0 Å². The molecule has 1 saturated heterocycles. The van der Waals surface area contributed by atoms with Gasteiger partial charge in [-0.25, -0.2) is 9.97 Å². The number of aromatic nitrogens is 3. The highest BCUT2D eigenvalue weighted by Gasteiger charge is 2.35. The van der Waals surface area contributed by atoms with Crippen molar-refractivity contribution in [3.8, 4) is 5.88 Å². The first kappa shape index (κ1) is 16.5. The van der Waals surface area contributed by atoms with Crippen LogP contribution in [0, 0.1) is 5.92 Å². The van der Waals surface area contributed by atoms with Gasteiger partial charge in [0.15, 0.2) is 0 Å². The lowest BCUT2D eigenvalue weighted by atomic mass is 9.99. The number of ether oxygens (including phenoxy) is 1. The van der Waals surface area contributed by atoms with Gasteiger partial charge in [-0.15, -0.1) is 0 Å². The van der Waals surface area contributed by atoms with E-state index in [9.17, 15) is 13.2 Å². The molecule has 1 aliphatic heterocycles. The van der Waals surface area contributed by atoms with E-state index in [0.717, 1.165) is 31.3 Å². The van der Waals surface area contributed by atoms with E-state index in [-0.39, 0.29) is 18.4 Å². The van der Waals surface area contributed by atoms with Gasteiger partial charge >= 0.3 is 6.18 Å². The molecule has 2 aromatic heterocycles. The number of halogens is 3. The van der Waals surface area contributed by atoms with Gasteiger partial charge in [-0.1, -0.05) is 0 Å². The minimum Gasteiger partial charge on any atom is -0.477 e. The number of alkyl halides is 3. The van der Waals surface area contributed by atoms with E-state index in [2.05, 4.69) is 19.9 Å². The molecule has 0 bridgehead atoms. The van der Waals surface area contributed by atoms with Gasteiger partial charge in [-0.3, -0.25) is 4.98 Å². The smallest absolute Gasteiger partial charge is 0.421 e. The summed E-state index contributed by atoms with van der Waals surface area (Å²) < 4.78 is 44.3. The molecule has 1 fully saturated rings. The monoisotopic (exact) mass is 338 g/mol. The van der Waals surface area contributed by atoms with E-state index in [0.29, 0.717) is 6.54 Å². The van der Waals surface area contributed by atoms with E-state index in [1.165, 1.54) is 12.3 Å². The molecule has 0 saturated carbocycles. The second kappa shape index (κ2) is 7.02. The van der Waals surface area contributed by atoms with Gasteiger partial charge in [0.25, 0.3) is 0 Å². The summed E-state index contributed by atoms with van der Waals surface area (Å²) in [6, 6.07) is 2.24. The Kier molecular flexibility index (Phi) is 4.82. The van der Waals surface area contributed by atoms with Gasteiger partial charge in [-0.05, 0) is 25.0 Å². The van der Waals surface area contributed by atoms with Crippen molar-refractivity contribution < 1.29 is 17.9 Å². The molecule has 3 heterocycles. The zero-order chi connectivity index (χ0) is 17.0. The molecule has 5 nitrogen and oxygen atoms in total. The summed E-state index contributed by atoms with van der Waals surface area (Å²) in [7, 11) is 0. The normalized spacial score (nSPS) is 18.5. The molecule has 1 atom stereocenters. The van der Waals surface area contributed by atoms with Crippen molar-refractivity contribution in [2.24, 2.45) is 5.92 Å². The quantitative estimate of drug-likeness (QED) is 0.857. The lowest BCUT2D eigenvalue weighted by Gasteiger charge is -2.33. The lowest BCUT2D eigenvalue weighted by molar-refractivity contribution is -0.139. The average Bonchev–Trinajstić information content (AvgIpc) is 2.60. The molecule has 0 radical (unpaired) electrons. The Morgan fingerprint density at radius 3 is 2.83 bits per heavy atom. The van der Waals surface area contributed by atoms with E-state index in [4.69, 9.17) is 4.74 Å². The Hall–Kier alpha value is -2.38. The van der Waals surface area contributed by atoms with Gasteiger partial charge in [0.05, 0.1) is 12.8 Å². The van der Waals surface area contributed by atoms with E-state index in [1.807, 2.05) is 0 Å². The second-order valence-electron chi connectivity index (χ2n) is 5.68. The number of rotatable bonds is 4. The predicted molar refractivity (Wildman–Crippen MR) is 81.7 cm³/mol. The van der Waals surface area contributed by atoms with E-state index < -0.39 is 11.7 Å². The van der Waals surface area contributed by atoms with Crippen molar-refractivity contribution in [1.82, 2.24) is 15.0 Å². The van der Waals surface area contributed by atoms with Crippen LogP contribution in [0.4, 0.5) is 19.0 Å². The standard InChI is InChI=1S/C16H17F3N4O/c17-16(18,19)13-4-1-5-22-15(13)24-11-12-3-2-8-23(10-12)14-9-20-6-7-21-14/h1,4-7,9,12H,2-3,8,10-11H2. The molecule has 0 aromatic carbocycles. The Labute approximate surface area is 137 Å². The third-order valence-corrected chi connectivity index (χ3v) is 3.92. The fraction of sp³-hybridized carbons (Fsp3) is 0.438. The average molecular weight is 338 g/mol.